The molecule has 1 aliphatic rings. The minimum atomic E-state index is -0.206. The first-order valence-electron chi connectivity index (χ1n) is 8.34. The van der Waals surface area contributed by atoms with Gasteiger partial charge in [-0.25, -0.2) is 0 Å². The maximum atomic E-state index is 11.6. The van der Waals surface area contributed by atoms with E-state index < -0.39 is 0 Å². The van der Waals surface area contributed by atoms with Gasteiger partial charge in [-0.1, -0.05) is 12.1 Å². The van der Waals surface area contributed by atoms with Crippen LogP contribution in [0.3, 0.4) is 0 Å². The van der Waals surface area contributed by atoms with Crippen molar-refractivity contribution < 1.29 is 19.1 Å². The van der Waals surface area contributed by atoms with Gasteiger partial charge in [0.1, 0.15) is 0 Å². The summed E-state index contributed by atoms with van der Waals surface area (Å²) in [5.74, 6) is -0.300. The highest BCUT2D eigenvalue weighted by molar-refractivity contribution is 5.93. The quantitative estimate of drug-likeness (QED) is 0.731. The van der Waals surface area contributed by atoms with Crippen LogP contribution in [0.2, 0.25) is 0 Å². The van der Waals surface area contributed by atoms with Crippen LogP contribution in [0, 0.1) is 0 Å². The van der Waals surface area contributed by atoms with Crippen LogP contribution in [0.25, 0.3) is 0 Å². The molecule has 1 atom stereocenters. The molecular weight excluding hydrogens is 308 g/mol. The second-order valence-electron chi connectivity index (χ2n) is 5.97. The smallest absolute Gasteiger partial charge is 0.306 e. The number of carbonyl (C=O) groups excluding carboxylic acids is 2. The number of hydrogen-bond acceptors (Lipinski definition) is 5. The van der Waals surface area contributed by atoms with Crippen molar-refractivity contribution in [2.45, 2.75) is 31.9 Å². The Balaban J connectivity index is 1.97. The molecule has 6 nitrogen and oxygen atoms in total. The lowest BCUT2D eigenvalue weighted by molar-refractivity contribution is -0.141. The molecular formula is C18H26N2O4. The molecule has 0 bridgehead atoms. The topological polar surface area (TPSA) is 67.9 Å². The second-order valence-corrected chi connectivity index (χ2v) is 5.97. The number of rotatable bonds is 8. The molecule has 1 amide bonds. The Morgan fingerprint density at radius 1 is 1.33 bits per heavy atom. The summed E-state index contributed by atoms with van der Waals surface area (Å²) in [7, 11) is 3.02. The number of methoxy groups -OCH3 is 1. The predicted molar refractivity (Wildman–Crippen MR) is 90.7 cm³/mol. The highest BCUT2D eigenvalue weighted by Crippen LogP contribution is 2.16. The van der Waals surface area contributed by atoms with E-state index in [0.717, 1.165) is 31.6 Å². The lowest BCUT2D eigenvalue weighted by Crippen LogP contribution is -2.33. The molecule has 132 valence electrons. The summed E-state index contributed by atoms with van der Waals surface area (Å²) in [6, 6.07) is 7.54. The molecule has 0 saturated carbocycles. The fourth-order valence-corrected chi connectivity index (χ4v) is 2.83. The fraction of sp³-hybridized carbons (Fsp3) is 0.556. The molecule has 0 radical (unpaired) electrons. The zero-order valence-electron chi connectivity index (χ0n) is 14.4. The number of hydrogen-bond donors (Lipinski definition) is 1. The van der Waals surface area contributed by atoms with Crippen molar-refractivity contribution in [1.29, 1.82) is 0 Å². The number of nitrogens with zero attached hydrogens (tertiary/aromatic N) is 1. The molecule has 1 aromatic carbocycles. The zero-order chi connectivity index (χ0) is 17.4. The van der Waals surface area contributed by atoms with Gasteiger partial charge in [-0.15, -0.1) is 0 Å². The highest BCUT2D eigenvalue weighted by Gasteiger charge is 2.20. The molecule has 1 unspecified atom stereocenters. The van der Waals surface area contributed by atoms with Gasteiger partial charge in [0.25, 0.3) is 5.91 Å². The van der Waals surface area contributed by atoms with Gasteiger partial charge >= 0.3 is 5.97 Å². The second kappa shape index (κ2) is 9.39. The van der Waals surface area contributed by atoms with Crippen LogP contribution in [0.15, 0.2) is 24.3 Å². The zero-order valence-corrected chi connectivity index (χ0v) is 14.4. The Kier molecular flexibility index (Phi) is 7.21. The lowest BCUT2D eigenvalue weighted by Gasteiger charge is -2.25. The van der Waals surface area contributed by atoms with Gasteiger partial charge in [-0.3, -0.25) is 14.5 Å². The average molecular weight is 334 g/mol. The predicted octanol–water partition coefficient (Wildman–Crippen LogP) is 1.59. The number of amides is 1. The third kappa shape index (κ3) is 5.62. The molecule has 1 aliphatic heterocycles. The van der Waals surface area contributed by atoms with Gasteiger partial charge in [0, 0.05) is 38.9 Å². The van der Waals surface area contributed by atoms with E-state index in [1.165, 1.54) is 7.11 Å². The summed E-state index contributed by atoms with van der Waals surface area (Å²) in [6.07, 6.45) is 2.74. The number of benzene rings is 1. The van der Waals surface area contributed by atoms with Crippen molar-refractivity contribution >= 4 is 11.9 Å². The van der Waals surface area contributed by atoms with Crippen molar-refractivity contribution in [1.82, 2.24) is 10.2 Å². The van der Waals surface area contributed by atoms with Gasteiger partial charge < -0.3 is 14.8 Å². The molecule has 2 rings (SSSR count). The normalized spacial score (nSPS) is 17.0. The maximum Gasteiger partial charge on any atom is 0.306 e. The van der Waals surface area contributed by atoms with E-state index >= 15 is 0 Å². The van der Waals surface area contributed by atoms with E-state index in [1.807, 2.05) is 24.3 Å². The molecule has 1 N–H and O–H groups in total. The highest BCUT2D eigenvalue weighted by atomic mass is 16.5. The van der Waals surface area contributed by atoms with E-state index in [2.05, 4.69) is 10.2 Å². The summed E-state index contributed by atoms with van der Waals surface area (Å²) >= 11 is 0. The van der Waals surface area contributed by atoms with Crippen molar-refractivity contribution in [3.8, 4) is 0 Å². The summed E-state index contributed by atoms with van der Waals surface area (Å²) in [5, 5.41) is 2.61. The van der Waals surface area contributed by atoms with Crippen molar-refractivity contribution in [2.24, 2.45) is 0 Å². The first-order valence-corrected chi connectivity index (χ1v) is 8.34. The fourth-order valence-electron chi connectivity index (χ4n) is 2.83. The number of ether oxygens (including phenoxy) is 2. The van der Waals surface area contributed by atoms with Crippen molar-refractivity contribution in [2.75, 3.05) is 33.9 Å². The number of esters is 1. The van der Waals surface area contributed by atoms with Crippen LogP contribution in [-0.2, 0) is 20.8 Å². The van der Waals surface area contributed by atoms with Crippen molar-refractivity contribution in [3.05, 3.63) is 35.4 Å². The molecule has 1 aromatic rings. The summed E-state index contributed by atoms with van der Waals surface area (Å²) in [4.78, 5) is 25.2. The Morgan fingerprint density at radius 3 is 2.67 bits per heavy atom. The molecule has 1 fully saturated rings. The van der Waals surface area contributed by atoms with Gasteiger partial charge in [0.05, 0.1) is 19.6 Å². The van der Waals surface area contributed by atoms with Crippen LogP contribution in [-0.4, -0.2) is 56.7 Å². The van der Waals surface area contributed by atoms with Gasteiger partial charge in [-0.2, -0.15) is 0 Å². The van der Waals surface area contributed by atoms with E-state index in [-0.39, 0.29) is 18.0 Å². The third-order valence-electron chi connectivity index (χ3n) is 4.20. The Bertz CT molecular complexity index is 538. The van der Waals surface area contributed by atoms with Gasteiger partial charge in [0.2, 0.25) is 0 Å². The van der Waals surface area contributed by atoms with Crippen LogP contribution >= 0.6 is 0 Å². The molecule has 6 heteroatoms. The average Bonchev–Trinajstić information content (AvgIpc) is 3.12. The third-order valence-corrected chi connectivity index (χ3v) is 4.20. The molecule has 0 aliphatic carbocycles. The van der Waals surface area contributed by atoms with Crippen LogP contribution < -0.4 is 5.32 Å². The Morgan fingerprint density at radius 2 is 2.08 bits per heavy atom. The minimum Gasteiger partial charge on any atom is -0.469 e. The monoisotopic (exact) mass is 334 g/mol. The largest absolute Gasteiger partial charge is 0.469 e. The van der Waals surface area contributed by atoms with Gasteiger partial charge in [0.15, 0.2) is 0 Å². The van der Waals surface area contributed by atoms with E-state index in [1.54, 1.807) is 7.05 Å². The minimum absolute atomic E-state index is 0.0940. The van der Waals surface area contributed by atoms with Crippen LogP contribution in [0.1, 0.15) is 35.2 Å². The van der Waals surface area contributed by atoms with E-state index in [9.17, 15) is 9.59 Å². The van der Waals surface area contributed by atoms with Crippen LogP contribution in [0.5, 0.6) is 0 Å². The number of nitrogens with one attached hydrogen (secondary N) is 1. The van der Waals surface area contributed by atoms with E-state index in [0.29, 0.717) is 25.1 Å². The summed E-state index contributed by atoms with van der Waals surface area (Å²) < 4.78 is 10.4. The molecule has 0 spiro atoms. The SMILES string of the molecule is CNC(=O)c1ccc(CN(CCC(=O)OC)CC2CCCO2)cc1. The first-order chi connectivity index (χ1) is 11.6. The summed E-state index contributed by atoms with van der Waals surface area (Å²) in [6.45, 7) is 2.96. The molecule has 0 aromatic heterocycles. The standard InChI is InChI=1S/C18H26N2O4/c1-19-18(22)15-7-5-14(6-8-15)12-20(10-9-17(21)23-2)13-16-4-3-11-24-16/h5-8,16H,3-4,9-13H2,1-2H3,(H,19,22). The molecule has 1 heterocycles. The molecule has 24 heavy (non-hydrogen) atoms. The van der Waals surface area contributed by atoms with Gasteiger partial charge in [-0.05, 0) is 30.5 Å². The van der Waals surface area contributed by atoms with Crippen LogP contribution in [0.4, 0.5) is 0 Å². The lowest BCUT2D eigenvalue weighted by atomic mass is 10.1. The maximum absolute atomic E-state index is 11.6. The molecule has 1 saturated heterocycles. The van der Waals surface area contributed by atoms with Crippen molar-refractivity contribution in [3.63, 3.8) is 0 Å². The Hall–Kier alpha value is -1.92. The Labute approximate surface area is 143 Å². The summed E-state index contributed by atoms with van der Waals surface area (Å²) in [5.41, 5.74) is 1.74. The first kappa shape index (κ1) is 18.4. The number of carbonyl (C=O) groups is 2. The van der Waals surface area contributed by atoms with E-state index in [4.69, 9.17) is 9.47 Å².